The molecule has 2 heterocycles. The molecule has 2 aromatic carbocycles. The lowest BCUT2D eigenvalue weighted by atomic mass is 10.1. The van der Waals surface area contributed by atoms with Crippen molar-refractivity contribution in [3.05, 3.63) is 74.5 Å². The van der Waals surface area contributed by atoms with Crippen LogP contribution < -0.4 is 11.1 Å². The summed E-state index contributed by atoms with van der Waals surface area (Å²) in [7, 11) is 0. The van der Waals surface area contributed by atoms with E-state index >= 15 is 0 Å². The summed E-state index contributed by atoms with van der Waals surface area (Å²) in [6.45, 7) is 2.31. The highest BCUT2D eigenvalue weighted by molar-refractivity contribution is 7.09. The lowest BCUT2D eigenvalue weighted by Gasteiger charge is -2.04. The van der Waals surface area contributed by atoms with Crippen molar-refractivity contribution in [2.75, 3.05) is 0 Å². The predicted octanol–water partition coefficient (Wildman–Crippen LogP) is 3.48. The van der Waals surface area contributed by atoms with Gasteiger partial charge in [-0.05, 0) is 31.2 Å². The number of aromatic amines is 1. The quantitative estimate of drug-likeness (QED) is 0.579. The van der Waals surface area contributed by atoms with Gasteiger partial charge in [0, 0.05) is 16.5 Å². The first-order valence-corrected chi connectivity index (χ1v) is 8.89. The van der Waals surface area contributed by atoms with Crippen LogP contribution in [-0.4, -0.2) is 15.9 Å². The van der Waals surface area contributed by atoms with Gasteiger partial charge in [0.1, 0.15) is 5.01 Å². The van der Waals surface area contributed by atoms with Gasteiger partial charge in [-0.2, -0.15) is 0 Å². The lowest BCUT2D eigenvalue weighted by molar-refractivity contribution is 0.0951. The fourth-order valence-electron chi connectivity index (χ4n) is 2.67. The Morgan fingerprint density at radius 1 is 1.27 bits per heavy atom. The number of oxazole rings is 1. The smallest absolute Gasteiger partial charge is 0.408 e. The SMILES string of the molecule is Cc1cccc(C(=O)NCc2nc(-c3ccc4[nH]c(=O)oc4c3)cs2)c1. The molecule has 26 heavy (non-hydrogen) atoms. The Labute approximate surface area is 152 Å². The number of fused-ring (bicyclic) bond motifs is 1. The lowest BCUT2D eigenvalue weighted by Crippen LogP contribution is -2.22. The highest BCUT2D eigenvalue weighted by Gasteiger charge is 2.10. The van der Waals surface area contributed by atoms with Crippen LogP contribution in [-0.2, 0) is 6.54 Å². The fourth-order valence-corrected chi connectivity index (χ4v) is 3.42. The second-order valence-corrected chi connectivity index (χ2v) is 6.85. The summed E-state index contributed by atoms with van der Waals surface area (Å²) in [4.78, 5) is 30.6. The van der Waals surface area contributed by atoms with E-state index in [-0.39, 0.29) is 5.91 Å². The second kappa shape index (κ2) is 6.61. The number of benzene rings is 2. The summed E-state index contributed by atoms with van der Waals surface area (Å²) in [6.07, 6.45) is 0. The van der Waals surface area contributed by atoms with E-state index < -0.39 is 5.76 Å². The first-order valence-electron chi connectivity index (χ1n) is 8.01. The van der Waals surface area contributed by atoms with Crippen molar-refractivity contribution >= 4 is 28.3 Å². The molecule has 0 aliphatic rings. The van der Waals surface area contributed by atoms with Crippen molar-refractivity contribution in [2.24, 2.45) is 0 Å². The number of amides is 1. The Kier molecular flexibility index (Phi) is 4.14. The minimum Gasteiger partial charge on any atom is -0.408 e. The molecule has 0 unspecified atom stereocenters. The Bertz CT molecular complexity index is 1160. The molecule has 0 bridgehead atoms. The third-order valence-electron chi connectivity index (χ3n) is 3.95. The van der Waals surface area contributed by atoms with E-state index in [0.717, 1.165) is 21.8 Å². The molecule has 0 fully saturated rings. The molecule has 6 nitrogen and oxygen atoms in total. The number of carbonyl (C=O) groups is 1. The summed E-state index contributed by atoms with van der Waals surface area (Å²) in [5, 5.41) is 5.60. The molecular weight excluding hydrogens is 350 g/mol. The number of carbonyl (C=O) groups excluding carboxylic acids is 1. The molecule has 0 spiro atoms. The van der Waals surface area contributed by atoms with E-state index in [1.165, 1.54) is 11.3 Å². The second-order valence-electron chi connectivity index (χ2n) is 5.90. The fraction of sp³-hybridized carbons (Fsp3) is 0.105. The van der Waals surface area contributed by atoms with Crippen LogP contribution in [0.5, 0.6) is 0 Å². The van der Waals surface area contributed by atoms with Crippen LogP contribution in [0.2, 0.25) is 0 Å². The van der Waals surface area contributed by atoms with Crippen molar-refractivity contribution in [3.8, 4) is 11.3 Å². The molecule has 2 N–H and O–H groups in total. The van der Waals surface area contributed by atoms with Crippen LogP contribution in [0.4, 0.5) is 0 Å². The van der Waals surface area contributed by atoms with E-state index in [1.807, 2.05) is 36.6 Å². The van der Waals surface area contributed by atoms with Crippen LogP contribution in [0.15, 0.2) is 57.1 Å². The number of nitrogens with one attached hydrogen (secondary N) is 2. The minimum atomic E-state index is -0.477. The highest BCUT2D eigenvalue weighted by atomic mass is 32.1. The Morgan fingerprint density at radius 3 is 3.00 bits per heavy atom. The van der Waals surface area contributed by atoms with Crippen molar-refractivity contribution in [2.45, 2.75) is 13.5 Å². The number of aryl methyl sites for hydroxylation is 1. The van der Waals surface area contributed by atoms with Crippen molar-refractivity contribution in [1.82, 2.24) is 15.3 Å². The van der Waals surface area contributed by atoms with Crippen molar-refractivity contribution < 1.29 is 9.21 Å². The number of H-pyrrole nitrogens is 1. The molecule has 2 aromatic heterocycles. The summed E-state index contributed by atoms with van der Waals surface area (Å²) in [5.74, 6) is -0.601. The third kappa shape index (κ3) is 3.29. The Hall–Kier alpha value is -3.19. The maximum atomic E-state index is 12.2. The van der Waals surface area contributed by atoms with Gasteiger partial charge in [0.15, 0.2) is 5.58 Å². The first-order chi connectivity index (χ1) is 12.6. The zero-order valence-electron chi connectivity index (χ0n) is 13.9. The van der Waals surface area contributed by atoms with E-state index in [9.17, 15) is 9.59 Å². The minimum absolute atomic E-state index is 0.124. The molecule has 1 amide bonds. The van der Waals surface area contributed by atoms with Crippen molar-refractivity contribution in [1.29, 1.82) is 0 Å². The molecule has 4 aromatic rings. The van der Waals surface area contributed by atoms with Gasteiger partial charge in [-0.1, -0.05) is 23.8 Å². The molecule has 7 heteroatoms. The molecule has 130 valence electrons. The number of nitrogens with zero attached hydrogens (tertiary/aromatic N) is 1. The van der Waals surface area contributed by atoms with Gasteiger partial charge in [0.25, 0.3) is 5.91 Å². The molecule has 0 saturated carbocycles. The van der Waals surface area contributed by atoms with Crippen LogP contribution in [0.1, 0.15) is 20.9 Å². The normalized spacial score (nSPS) is 11.0. The van der Waals surface area contributed by atoms with Crippen LogP contribution in [0.3, 0.4) is 0 Å². The number of aromatic nitrogens is 2. The van der Waals surface area contributed by atoms with Gasteiger partial charge >= 0.3 is 5.76 Å². The van der Waals surface area contributed by atoms with Gasteiger partial charge in [0.2, 0.25) is 0 Å². The number of hydrogen-bond acceptors (Lipinski definition) is 5. The van der Waals surface area contributed by atoms with E-state index in [2.05, 4.69) is 15.3 Å². The summed E-state index contributed by atoms with van der Waals surface area (Å²) >= 11 is 1.47. The zero-order chi connectivity index (χ0) is 18.1. The van der Waals surface area contributed by atoms with Crippen LogP contribution >= 0.6 is 11.3 Å². The highest BCUT2D eigenvalue weighted by Crippen LogP contribution is 2.24. The average Bonchev–Trinajstić information content (AvgIpc) is 3.24. The maximum Gasteiger partial charge on any atom is 0.417 e. The van der Waals surface area contributed by atoms with Gasteiger partial charge in [-0.25, -0.2) is 9.78 Å². The van der Waals surface area contributed by atoms with Crippen LogP contribution in [0.25, 0.3) is 22.4 Å². The van der Waals surface area contributed by atoms with Crippen LogP contribution in [0, 0.1) is 6.92 Å². The van der Waals surface area contributed by atoms with Gasteiger partial charge in [-0.3, -0.25) is 9.78 Å². The summed E-state index contributed by atoms with van der Waals surface area (Å²) < 4.78 is 5.08. The third-order valence-corrected chi connectivity index (χ3v) is 4.80. The van der Waals surface area contributed by atoms with E-state index in [0.29, 0.717) is 23.2 Å². The molecule has 0 aliphatic heterocycles. The summed E-state index contributed by atoms with van der Waals surface area (Å²) in [5.41, 5.74) is 4.46. The molecule has 4 rings (SSSR count). The zero-order valence-corrected chi connectivity index (χ0v) is 14.7. The van der Waals surface area contributed by atoms with Crippen molar-refractivity contribution in [3.63, 3.8) is 0 Å². The van der Waals surface area contributed by atoms with E-state index in [4.69, 9.17) is 4.42 Å². The summed E-state index contributed by atoms with van der Waals surface area (Å²) in [6, 6.07) is 12.9. The number of hydrogen-bond donors (Lipinski definition) is 2. The monoisotopic (exact) mass is 365 g/mol. The Morgan fingerprint density at radius 2 is 2.15 bits per heavy atom. The van der Waals surface area contributed by atoms with Gasteiger partial charge in [-0.15, -0.1) is 11.3 Å². The molecule has 0 radical (unpaired) electrons. The first kappa shape index (κ1) is 16.3. The molecule has 0 atom stereocenters. The Balaban J connectivity index is 1.48. The number of thiazole rings is 1. The number of rotatable bonds is 4. The standard InChI is InChI=1S/C19H15N3O3S/c1-11-3-2-4-13(7-11)18(23)20-9-17-21-15(10-26-17)12-5-6-14-16(8-12)25-19(24)22-14/h2-8,10H,9H2,1H3,(H,20,23)(H,22,24). The van der Waals surface area contributed by atoms with Gasteiger partial charge < -0.3 is 9.73 Å². The maximum absolute atomic E-state index is 12.2. The molecule has 0 saturated heterocycles. The van der Waals surface area contributed by atoms with E-state index in [1.54, 1.807) is 18.2 Å². The average molecular weight is 365 g/mol. The van der Waals surface area contributed by atoms with Gasteiger partial charge in [0.05, 0.1) is 17.8 Å². The molecule has 0 aliphatic carbocycles. The predicted molar refractivity (Wildman–Crippen MR) is 100 cm³/mol. The molecular formula is C19H15N3O3S. The topological polar surface area (TPSA) is 88.0 Å². The largest absolute Gasteiger partial charge is 0.417 e.